The van der Waals surface area contributed by atoms with E-state index in [0.717, 1.165) is 22.2 Å². The fourth-order valence-corrected chi connectivity index (χ4v) is 3.79. The summed E-state index contributed by atoms with van der Waals surface area (Å²) >= 11 is 0. The van der Waals surface area contributed by atoms with Crippen LogP contribution >= 0.6 is 0 Å². The summed E-state index contributed by atoms with van der Waals surface area (Å²) in [6.07, 6.45) is -0.370. The first kappa shape index (κ1) is 18.2. The molecule has 1 aliphatic heterocycles. The van der Waals surface area contributed by atoms with Crippen molar-refractivity contribution in [2.45, 2.75) is 25.3 Å². The van der Waals surface area contributed by atoms with E-state index in [-0.39, 0.29) is 17.7 Å². The summed E-state index contributed by atoms with van der Waals surface area (Å²) in [5.74, 6) is 0.635. The Morgan fingerprint density at radius 1 is 1.18 bits per heavy atom. The van der Waals surface area contributed by atoms with Crippen molar-refractivity contribution < 1.29 is 15.0 Å². The van der Waals surface area contributed by atoms with Crippen LogP contribution in [0.3, 0.4) is 0 Å². The molecule has 1 aromatic heterocycles. The average molecular weight is 378 g/mol. The number of phenolic OH excluding ortho intramolecular Hbond substituents is 1. The second-order valence-corrected chi connectivity index (χ2v) is 7.21. The van der Waals surface area contributed by atoms with Crippen LogP contribution in [0.2, 0.25) is 0 Å². The third-order valence-corrected chi connectivity index (χ3v) is 5.09. The number of nitrogens with zero attached hydrogens (tertiary/aromatic N) is 2. The molecule has 1 saturated heterocycles. The number of hydrogen-bond donors (Lipinski definition) is 4. The minimum Gasteiger partial charge on any atom is -0.507 e. The summed E-state index contributed by atoms with van der Waals surface area (Å²) in [5.41, 5.74) is 3.35. The fourth-order valence-electron chi connectivity index (χ4n) is 3.79. The minimum atomic E-state index is -1.02. The Kier molecular flexibility index (Phi) is 4.83. The Bertz CT molecular complexity index is 1040. The number of para-hydroxylation sites is 1. The predicted octanol–water partition coefficient (Wildman–Crippen LogP) is 3.02. The third-order valence-electron chi connectivity index (χ3n) is 5.09. The smallest absolute Gasteiger partial charge is 0.404 e. The molecular weight excluding hydrogens is 356 g/mol. The molecule has 4 rings (SSSR count). The highest BCUT2D eigenvalue weighted by Gasteiger charge is 2.27. The Morgan fingerprint density at radius 3 is 2.79 bits per heavy atom. The SMILES string of the molecule is Cc1ccc2c(C3CNCC(NC(=O)O)C3)nc(-c3ccccc3O)nc2c1. The molecule has 7 nitrogen and oxygen atoms in total. The molecular formula is C21H22N4O3. The molecule has 1 fully saturated rings. The van der Waals surface area contributed by atoms with Gasteiger partial charge in [-0.1, -0.05) is 24.3 Å². The number of amides is 1. The van der Waals surface area contributed by atoms with E-state index in [1.54, 1.807) is 18.2 Å². The zero-order valence-electron chi connectivity index (χ0n) is 15.5. The van der Waals surface area contributed by atoms with Gasteiger partial charge in [0.2, 0.25) is 0 Å². The van der Waals surface area contributed by atoms with Gasteiger partial charge in [0, 0.05) is 30.4 Å². The monoisotopic (exact) mass is 378 g/mol. The number of carboxylic acid groups (broad SMARTS) is 1. The molecule has 0 radical (unpaired) electrons. The summed E-state index contributed by atoms with van der Waals surface area (Å²) in [4.78, 5) is 20.5. The number of phenols is 1. The van der Waals surface area contributed by atoms with E-state index >= 15 is 0 Å². The van der Waals surface area contributed by atoms with E-state index < -0.39 is 6.09 Å². The highest BCUT2D eigenvalue weighted by atomic mass is 16.4. The van der Waals surface area contributed by atoms with Crippen LogP contribution in [0.5, 0.6) is 5.75 Å². The Hall–Kier alpha value is -3.19. The zero-order valence-corrected chi connectivity index (χ0v) is 15.5. The maximum absolute atomic E-state index is 11.0. The maximum Gasteiger partial charge on any atom is 0.404 e. The number of aryl methyl sites for hydroxylation is 1. The average Bonchev–Trinajstić information content (AvgIpc) is 2.67. The van der Waals surface area contributed by atoms with Gasteiger partial charge in [-0.05, 0) is 37.1 Å². The lowest BCUT2D eigenvalue weighted by Gasteiger charge is -2.30. The van der Waals surface area contributed by atoms with Crippen molar-refractivity contribution in [3.63, 3.8) is 0 Å². The number of carbonyl (C=O) groups is 1. The molecule has 2 heterocycles. The first-order chi connectivity index (χ1) is 13.5. The largest absolute Gasteiger partial charge is 0.507 e. The van der Waals surface area contributed by atoms with Gasteiger partial charge in [-0.3, -0.25) is 0 Å². The van der Waals surface area contributed by atoms with E-state index in [2.05, 4.69) is 15.6 Å². The molecule has 1 aliphatic rings. The van der Waals surface area contributed by atoms with Gasteiger partial charge in [0.1, 0.15) is 5.75 Å². The maximum atomic E-state index is 11.0. The lowest BCUT2D eigenvalue weighted by molar-refractivity contribution is 0.186. The number of benzene rings is 2. The van der Waals surface area contributed by atoms with Crippen LogP contribution in [0.4, 0.5) is 4.79 Å². The molecule has 2 atom stereocenters. The second-order valence-electron chi connectivity index (χ2n) is 7.21. The number of rotatable bonds is 3. The molecule has 1 amide bonds. The first-order valence-electron chi connectivity index (χ1n) is 9.28. The van der Waals surface area contributed by atoms with Crippen LogP contribution in [0.1, 0.15) is 23.6 Å². The van der Waals surface area contributed by atoms with Crippen LogP contribution in [0, 0.1) is 6.92 Å². The summed E-state index contributed by atoms with van der Waals surface area (Å²) in [6, 6.07) is 12.9. The van der Waals surface area contributed by atoms with E-state index in [0.29, 0.717) is 30.9 Å². The standard InChI is InChI=1S/C21H22N4O3/c1-12-6-7-15-17(8-12)24-20(16-4-2-3-5-18(16)26)25-19(15)13-9-14(11-22-10-13)23-21(27)28/h2-8,13-14,22-23,26H,9-11H2,1H3,(H,27,28). The Labute approximate surface area is 162 Å². The molecule has 144 valence electrons. The summed E-state index contributed by atoms with van der Waals surface area (Å²) in [7, 11) is 0. The second kappa shape index (κ2) is 7.44. The van der Waals surface area contributed by atoms with Gasteiger partial charge in [0.05, 0.1) is 16.8 Å². The molecule has 4 N–H and O–H groups in total. The number of piperidine rings is 1. The van der Waals surface area contributed by atoms with E-state index in [1.165, 1.54) is 0 Å². The van der Waals surface area contributed by atoms with Crippen molar-refractivity contribution in [1.82, 2.24) is 20.6 Å². The predicted molar refractivity (Wildman–Crippen MR) is 107 cm³/mol. The quantitative estimate of drug-likeness (QED) is 0.558. The number of aromatic nitrogens is 2. The van der Waals surface area contributed by atoms with Gasteiger partial charge in [0.15, 0.2) is 5.82 Å². The molecule has 2 aromatic carbocycles. The number of fused-ring (bicyclic) bond motifs is 1. The van der Waals surface area contributed by atoms with Gasteiger partial charge >= 0.3 is 6.09 Å². The highest BCUT2D eigenvalue weighted by molar-refractivity contribution is 5.84. The molecule has 7 heteroatoms. The van der Waals surface area contributed by atoms with Gasteiger partial charge in [0.25, 0.3) is 0 Å². The minimum absolute atomic E-state index is 0.0309. The van der Waals surface area contributed by atoms with Crippen molar-refractivity contribution in [2.24, 2.45) is 0 Å². The van der Waals surface area contributed by atoms with Crippen LogP contribution in [0.25, 0.3) is 22.3 Å². The molecule has 3 aromatic rings. The molecule has 0 saturated carbocycles. The normalized spacial score (nSPS) is 19.5. The van der Waals surface area contributed by atoms with Crippen molar-refractivity contribution >= 4 is 17.0 Å². The highest BCUT2D eigenvalue weighted by Crippen LogP contribution is 2.33. The van der Waals surface area contributed by atoms with Crippen LogP contribution in [-0.4, -0.2) is 45.4 Å². The fraction of sp³-hybridized carbons (Fsp3) is 0.286. The summed E-state index contributed by atoms with van der Waals surface area (Å²) in [5, 5.41) is 26.1. The van der Waals surface area contributed by atoms with Crippen molar-refractivity contribution in [3.8, 4) is 17.1 Å². The van der Waals surface area contributed by atoms with E-state index in [1.807, 2.05) is 31.2 Å². The summed E-state index contributed by atoms with van der Waals surface area (Å²) in [6.45, 7) is 3.31. The Morgan fingerprint density at radius 2 is 2.00 bits per heavy atom. The van der Waals surface area contributed by atoms with Gasteiger partial charge in [-0.25, -0.2) is 14.8 Å². The third kappa shape index (κ3) is 3.61. The molecule has 0 spiro atoms. The van der Waals surface area contributed by atoms with Gasteiger partial charge < -0.3 is 20.8 Å². The zero-order chi connectivity index (χ0) is 19.7. The number of hydrogen-bond acceptors (Lipinski definition) is 5. The van der Waals surface area contributed by atoms with E-state index in [4.69, 9.17) is 10.1 Å². The number of nitrogens with one attached hydrogen (secondary N) is 2. The van der Waals surface area contributed by atoms with Crippen molar-refractivity contribution in [1.29, 1.82) is 0 Å². The summed E-state index contributed by atoms with van der Waals surface area (Å²) < 4.78 is 0. The van der Waals surface area contributed by atoms with Gasteiger partial charge in [-0.15, -0.1) is 0 Å². The number of aromatic hydroxyl groups is 1. The van der Waals surface area contributed by atoms with Crippen LogP contribution in [-0.2, 0) is 0 Å². The van der Waals surface area contributed by atoms with Crippen molar-refractivity contribution in [3.05, 3.63) is 53.7 Å². The lowest BCUT2D eigenvalue weighted by atomic mass is 9.90. The van der Waals surface area contributed by atoms with E-state index in [9.17, 15) is 9.90 Å². The molecule has 0 aliphatic carbocycles. The molecule has 2 unspecified atom stereocenters. The van der Waals surface area contributed by atoms with Gasteiger partial charge in [-0.2, -0.15) is 0 Å². The van der Waals surface area contributed by atoms with Crippen LogP contribution < -0.4 is 10.6 Å². The van der Waals surface area contributed by atoms with Crippen LogP contribution in [0.15, 0.2) is 42.5 Å². The Balaban J connectivity index is 1.82. The molecule has 28 heavy (non-hydrogen) atoms. The first-order valence-corrected chi connectivity index (χ1v) is 9.28. The molecule has 0 bridgehead atoms. The lowest BCUT2D eigenvalue weighted by Crippen LogP contribution is -2.48. The van der Waals surface area contributed by atoms with Crippen molar-refractivity contribution in [2.75, 3.05) is 13.1 Å². The topological polar surface area (TPSA) is 107 Å².